The van der Waals surface area contributed by atoms with Gasteiger partial charge >= 0.3 is 0 Å². The molecule has 0 unspecified atom stereocenters. The highest BCUT2D eigenvalue weighted by atomic mass is 32.2. The van der Waals surface area contributed by atoms with Gasteiger partial charge in [-0.1, -0.05) is 0 Å². The van der Waals surface area contributed by atoms with E-state index >= 15 is 0 Å². The zero-order valence-corrected chi connectivity index (χ0v) is 10.9. The van der Waals surface area contributed by atoms with Gasteiger partial charge in [-0.3, -0.25) is 14.9 Å². The van der Waals surface area contributed by atoms with Gasteiger partial charge in [0.05, 0.1) is 12.0 Å². The Hall–Kier alpha value is -0.750. The molecule has 0 aromatic carbocycles. The van der Waals surface area contributed by atoms with Crippen molar-refractivity contribution >= 4 is 23.6 Å². The molecular weight excluding hydrogens is 238 g/mol. The summed E-state index contributed by atoms with van der Waals surface area (Å²) in [6.07, 6.45) is 1.81. The van der Waals surface area contributed by atoms with Crippen molar-refractivity contribution in [2.75, 3.05) is 31.8 Å². The van der Waals surface area contributed by atoms with Gasteiger partial charge in [-0.15, -0.1) is 11.8 Å². The van der Waals surface area contributed by atoms with Crippen LogP contribution in [0.3, 0.4) is 0 Å². The molecule has 2 amide bonds. The van der Waals surface area contributed by atoms with E-state index in [4.69, 9.17) is 0 Å². The Morgan fingerprint density at radius 3 is 2.94 bits per heavy atom. The highest BCUT2D eigenvalue weighted by Crippen LogP contribution is 2.19. The molecule has 96 valence electrons. The molecule has 0 radical (unpaired) electrons. The molecule has 2 saturated heterocycles. The lowest BCUT2D eigenvalue weighted by Crippen LogP contribution is -2.50. The summed E-state index contributed by atoms with van der Waals surface area (Å²) in [7, 11) is 1.65. The van der Waals surface area contributed by atoms with Crippen LogP contribution in [0.4, 0.5) is 0 Å². The molecule has 2 fully saturated rings. The van der Waals surface area contributed by atoms with E-state index in [-0.39, 0.29) is 23.8 Å². The van der Waals surface area contributed by atoms with Crippen LogP contribution in [0, 0.1) is 5.92 Å². The van der Waals surface area contributed by atoms with Crippen LogP contribution in [0.1, 0.15) is 12.8 Å². The monoisotopic (exact) mass is 257 g/mol. The van der Waals surface area contributed by atoms with Gasteiger partial charge in [0.15, 0.2) is 0 Å². The maximum absolute atomic E-state index is 12.2. The van der Waals surface area contributed by atoms with Gasteiger partial charge in [0.2, 0.25) is 11.8 Å². The number of amides is 2. The van der Waals surface area contributed by atoms with Gasteiger partial charge in [0.25, 0.3) is 0 Å². The van der Waals surface area contributed by atoms with Crippen LogP contribution in [0.15, 0.2) is 0 Å². The van der Waals surface area contributed by atoms with Crippen LogP contribution in [-0.2, 0) is 9.59 Å². The number of nitrogens with zero attached hydrogens (tertiary/aromatic N) is 1. The van der Waals surface area contributed by atoms with E-state index in [0.29, 0.717) is 6.54 Å². The minimum atomic E-state index is -0.0524. The summed E-state index contributed by atoms with van der Waals surface area (Å²) in [5, 5.41) is 5.85. The Bertz CT molecular complexity index is 305. The normalized spacial score (nSPS) is 29.1. The van der Waals surface area contributed by atoms with Crippen LogP contribution in [0.5, 0.6) is 0 Å². The molecule has 6 heteroatoms. The second kappa shape index (κ2) is 5.73. The predicted octanol–water partition coefficient (Wildman–Crippen LogP) is -0.366. The van der Waals surface area contributed by atoms with Crippen molar-refractivity contribution in [3.8, 4) is 0 Å². The van der Waals surface area contributed by atoms with Crippen LogP contribution in [0.25, 0.3) is 0 Å². The van der Waals surface area contributed by atoms with Crippen molar-refractivity contribution in [2.45, 2.75) is 18.9 Å². The van der Waals surface area contributed by atoms with E-state index in [2.05, 4.69) is 10.6 Å². The van der Waals surface area contributed by atoms with Crippen molar-refractivity contribution < 1.29 is 9.59 Å². The fraction of sp³-hybridized carbons (Fsp3) is 0.818. The quantitative estimate of drug-likeness (QED) is 0.709. The Morgan fingerprint density at radius 2 is 2.29 bits per heavy atom. The first kappa shape index (κ1) is 12.7. The standard InChI is InChI=1S/C11H19N3O2S/c1-12-10(15)8-3-2-4-14(5-8)11(16)9-6-17-7-13-9/h8-9,13H,2-7H2,1H3,(H,12,15)/t8-,9+/m0/s1. The third-order valence-corrected chi connectivity index (χ3v) is 4.30. The summed E-state index contributed by atoms with van der Waals surface area (Å²) in [6.45, 7) is 1.36. The Labute approximate surface area is 106 Å². The molecule has 0 bridgehead atoms. The van der Waals surface area contributed by atoms with E-state index < -0.39 is 0 Å². The van der Waals surface area contributed by atoms with Gasteiger partial charge in [0.1, 0.15) is 0 Å². The van der Waals surface area contributed by atoms with E-state index in [1.54, 1.807) is 18.8 Å². The second-order valence-corrected chi connectivity index (χ2v) is 5.54. The second-order valence-electron chi connectivity index (χ2n) is 4.51. The van der Waals surface area contributed by atoms with Gasteiger partial charge in [-0.05, 0) is 12.8 Å². The van der Waals surface area contributed by atoms with Crippen molar-refractivity contribution in [1.82, 2.24) is 15.5 Å². The first-order chi connectivity index (χ1) is 8.22. The molecule has 0 aromatic heterocycles. The van der Waals surface area contributed by atoms with Gasteiger partial charge in [-0.25, -0.2) is 0 Å². The predicted molar refractivity (Wildman–Crippen MR) is 67.6 cm³/mol. The van der Waals surface area contributed by atoms with Crippen LogP contribution < -0.4 is 10.6 Å². The van der Waals surface area contributed by atoms with E-state index in [1.165, 1.54) is 0 Å². The Morgan fingerprint density at radius 1 is 1.47 bits per heavy atom. The average molecular weight is 257 g/mol. The van der Waals surface area contributed by atoms with Crippen molar-refractivity contribution in [3.05, 3.63) is 0 Å². The largest absolute Gasteiger partial charge is 0.359 e. The summed E-state index contributed by atoms with van der Waals surface area (Å²) in [5.74, 6) is 1.87. The van der Waals surface area contributed by atoms with Gasteiger partial charge in [0, 0.05) is 31.8 Å². The third-order valence-electron chi connectivity index (χ3n) is 3.36. The molecule has 0 saturated carbocycles. The lowest BCUT2D eigenvalue weighted by Gasteiger charge is -2.33. The summed E-state index contributed by atoms with van der Waals surface area (Å²) in [6, 6.07) is -0.0524. The number of piperidine rings is 1. The Kier molecular flexibility index (Phi) is 4.28. The number of likely N-dealkylation sites (tertiary alicyclic amines) is 1. The number of rotatable bonds is 2. The summed E-state index contributed by atoms with van der Waals surface area (Å²) in [5.41, 5.74) is 0. The molecule has 0 aliphatic carbocycles. The van der Waals surface area contributed by atoms with Crippen molar-refractivity contribution in [3.63, 3.8) is 0 Å². The highest BCUT2D eigenvalue weighted by molar-refractivity contribution is 7.99. The van der Waals surface area contributed by atoms with E-state index in [9.17, 15) is 9.59 Å². The molecule has 17 heavy (non-hydrogen) atoms. The SMILES string of the molecule is CNC(=O)[C@H]1CCCN(C(=O)[C@H]2CSCN2)C1. The zero-order valence-electron chi connectivity index (χ0n) is 10.1. The molecule has 5 nitrogen and oxygen atoms in total. The number of thioether (sulfide) groups is 1. The smallest absolute Gasteiger partial charge is 0.240 e. The van der Waals surface area contributed by atoms with Crippen LogP contribution >= 0.6 is 11.8 Å². The summed E-state index contributed by atoms with van der Waals surface area (Å²) >= 11 is 1.75. The minimum Gasteiger partial charge on any atom is -0.359 e. The molecule has 0 aromatic rings. The fourth-order valence-corrected chi connectivity index (χ4v) is 3.30. The van der Waals surface area contributed by atoms with Gasteiger partial charge in [-0.2, -0.15) is 0 Å². The number of carbonyl (C=O) groups excluding carboxylic acids is 2. The first-order valence-corrected chi connectivity index (χ1v) is 7.19. The lowest BCUT2D eigenvalue weighted by atomic mass is 9.96. The maximum Gasteiger partial charge on any atom is 0.240 e. The van der Waals surface area contributed by atoms with Crippen molar-refractivity contribution in [2.24, 2.45) is 5.92 Å². The molecule has 2 aliphatic rings. The zero-order chi connectivity index (χ0) is 12.3. The molecule has 2 heterocycles. The highest BCUT2D eigenvalue weighted by Gasteiger charge is 2.32. The third kappa shape index (κ3) is 2.93. The van der Waals surface area contributed by atoms with E-state index in [1.807, 2.05) is 4.90 Å². The summed E-state index contributed by atoms with van der Waals surface area (Å²) < 4.78 is 0. The molecule has 2 rings (SSSR count). The van der Waals surface area contributed by atoms with E-state index in [0.717, 1.165) is 31.0 Å². The van der Waals surface area contributed by atoms with Crippen LogP contribution in [0.2, 0.25) is 0 Å². The first-order valence-electron chi connectivity index (χ1n) is 6.04. The number of nitrogens with one attached hydrogen (secondary N) is 2. The average Bonchev–Trinajstić information content (AvgIpc) is 2.91. The molecule has 2 N–H and O–H groups in total. The molecule has 2 aliphatic heterocycles. The fourth-order valence-electron chi connectivity index (χ4n) is 2.37. The topological polar surface area (TPSA) is 61.4 Å². The van der Waals surface area contributed by atoms with Crippen molar-refractivity contribution in [1.29, 1.82) is 0 Å². The van der Waals surface area contributed by atoms with Crippen LogP contribution in [-0.4, -0.2) is 54.5 Å². The molecular formula is C11H19N3O2S. The maximum atomic E-state index is 12.2. The lowest BCUT2D eigenvalue weighted by molar-refractivity contribution is -0.136. The Balaban J connectivity index is 1.92. The minimum absolute atomic E-state index is 0.0354. The number of hydrogen-bond acceptors (Lipinski definition) is 4. The number of hydrogen-bond donors (Lipinski definition) is 2. The molecule has 2 atom stereocenters. The summed E-state index contributed by atoms with van der Waals surface area (Å²) in [4.78, 5) is 25.6. The molecule has 0 spiro atoms. The van der Waals surface area contributed by atoms with Gasteiger partial charge < -0.3 is 10.2 Å². The number of carbonyl (C=O) groups is 2.